The van der Waals surface area contributed by atoms with Gasteiger partial charge in [-0.2, -0.15) is 0 Å². The van der Waals surface area contributed by atoms with Gasteiger partial charge in [0.15, 0.2) is 11.5 Å². The van der Waals surface area contributed by atoms with Crippen molar-refractivity contribution in [1.82, 2.24) is 4.90 Å². The number of ether oxygens (including phenoxy) is 2. The second-order valence-electron chi connectivity index (χ2n) is 6.23. The highest BCUT2D eigenvalue weighted by atomic mass is 79.9. The number of benzene rings is 1. The molecule has 0 aromatic heterocycles. The number of amides is 2. The quantitative estimate of drug-likeness (QED) is 0.808. The molecule has 2 saturated heterocycles. The van der Waals surface area contributed by atoms with Gasteiger partial charge in [0.05, 0.1) is 10.6 Å². The Morgan fingerprint density at radius 2 is 2.08 bits per heavy atom. The third-order valence-corrected chi connectivity index (χ3v) is 6.80. The molecule has 0 spiro atoms. The first kappa shape index (κ1) is 16.1. The average molecular weight is 413 g/mol. The Labute approximate surface area is 152 Å². The molecular weight excluding hydrogens is 396 g/mol. The molecule has 128 valence electrons. The van der Waals surface area contributed by atoms with Gasteiger partial charge in [-0.25, -0.2) is 0 Å². The lowest BCUT2D eigenvalue weighted by molar-refractivity contribution is -0.135. The van der Waals surface area contributed by atoms with E-state index in [-0.39, 0.29) is 16.7 Å². The van der Waals surface area contributed by atoms with Crippen molar-refractivity contribution in [3.63, 3.8) is 0 Å². The Hall–Kier alpha value is -1.41. The first-order valence-corrected chi connectivity index (χ1v) is 9.62. The molecule has 0 saturated carbocycles. The topological polar surface area (TPSA) is 67.9 Å². The summed E-state index contributed by atoms with van der Waals surface area (Å²) < 4.78 is 11.8. The minimum Gasteiger partial charge on any atom is -0.486 e. The summed E-state index contributed by atoms with van der Waals surface area (Å²) in [5, 5.41) is 2.92. The van der Waals surface area contributed by atoms with E-state index in [4.69, 9.17) is 9.47 Å². The lowest BCUT2D eigenvalue weighted by atomic mass is 10.2. The van der Waals surface area contributed by atoms with E-state index in [2.05, 4.69) is 21.2 Å². The summed E-state index contributed by atoms with van der Waals surface area (Å²) >= 11 is 5.14. The van der Waals surface area contributed by atoms with Crippen molar-refractivity contribution < 1.29 is 19.1 Å². The van der Waals surface area contributed by atoms with Crippen molar-refractivity contribution in [2.24, 2.45) is 0 Å². The maximum absolute atomic E-state index is 12.8. The smallest absolute Gasteiger partial charge is 0.248 e. The highest BCUT2D eigenvalue weighted by molar-refractivity contribution is 9.10. The van der Waals surface area contributed by atoms with Crippen LogP contribution in [0.2, 0.25) is 0 Å². The molecule has 8 heteroatoms. The zero-order chi connectivity index (χ0) is 16.9. The molecule has 1 aromatic rings. The van der Waals surface area contributed by atoms with Crippen LogP contribution in [-0.4, -0.2) is 46.6 Å². The van der Waals surface area contributed by atoms with Crippen molar-refractivity contribution in [2.45, 2.75) is 30.7 Å². The van der Waals surface area contributed by atoms with Gasteiger partial charge in [0.1, 0.15) is 19.3 Å². The van der Waals surface area contributed by atoms with Gasteiger partial charge in [0, 0.05) is 28.8 Å². The van der Waals surface area contributed by atoms with Crippen LogP contribution in [0.15, 0.2) is 16.6 Å². The summed E-state index contributed by atoms with van der Waals surface area (Å²) in [6.07, 6.45) is 1.31. The molecule has 4 rings (SSSR count). The van der Waals surface area contributed by atoms with E-state index >= 15 is 0 Å². The Kier molecular flexibility index (Phi) is 3.91. The SMILES string of the molecule is CC12CCC(=O)N1C(C(=O)Nc1cc3c(cc1Br)OCCO3)CS2. The summed E-state index contributed by atoms with van der Waals surface area (Å²) in [7, 11) is 0. The van der Waals surface area contributed by atoms with E-state index in [0.717, 1.165) is 10.9 Å². The van der Waals surface area contributed by atoms with Crippen LogP contribution in [0.25, 0.3) is 0 Å². The molecule has 2 amide bonds. The van der Waals surface area contributed by atoms with Gasteiger partial charge >= 0.3 is 0 Å². The summed E-state index contributed by atoms with van der Waals surface area (Å²) in [5.41, 5.74) is 0.620. The maximum Gasteiger partial charge on any atom is 0.248 e. The van der Waals surface area contributed by atoms with Crippen molar-refractivity contribution in [1.29, 1.82) is 0 Å². The number of halogens is 1. The fourth-order valence-corrected chi connectivity index (χ4v) is 5.24. The molecule has 3 aliphatic heterocycles. The minimum absolute atomic E-state index is 0.0592. The van der Waals surface area contributed by atoms with Crippen LogP contribution in [0, 0.1) is 0 Å². The largest absolute Gasteiger partial charge is 0.486 e. The second kappa shape index (κ2) is 5.84. The van der Waals surface area contributed by atoms with Crippen LogP contribution < -0.4 is 14.8 Å². The summed E-state index contributed by atoms with van der Waals surface area (Å²) in [5.74, 6) is 1.78. The maximum atomic E-state index is 12.8. The van der Waals surface area contributed by atoms with Crippen molar-refractivity contribution in [3.05, 3.63) is 16.6 Å². The van der Waals surface area contributed by atoms with E-state index in [1.165, 1.54) is 0 Å². The molecular formula is C16H17BrN2O4S. The highest BCUT2D eigenvalue weighted by Crippen LogP contribution is 2.47. The van der Waals surface area contributed by atoms with E-state index in [1.807, 2.05) is 6.92 Å². The number of carbonyl (C=O) groups excluding carboxylic acids is 2. The molecule has 6 nitrogen and oxygen atoms in total. The van der Waals surface area contributed by atoms with Crippen molar-refractivity contribution in [2.75, 3.05) is 24.3 Å². The van der Waals surface area contributed by atoms with Gasteiger partial charge in [-0.15, -0.1) is 11.8 Å². The fourth-order valence-electron chi connectivity index (χ4n) is 3.39. The predicted molar refractivity (Wildman–Crippen MR) is 94.5 cm³/mol. The van der Waals surface area contributed by atoms with Crippen LogP contribution in [0.1, 0.15) is 19.8 Å². The van der Waals surface area contributed by atoms with Gasteiger partial charge in [-0.05, 0) is 29.3 Å². The number of carbonyl (C=O) groups is 2. The summed E-state index contributed by atoms with van der Waals surface area (Å²) in [4.78, 5) is 26.4. The number of hydrogen-bond donors (Lipinski definition) is 1. The summed E-state index contributed by atoms with van der Waals surface area (Å²) in [6.45, 7) is 3.04. The van der Waals surface area contributed by atoms with Gasteiger partial charge in [-0.1, -0.05) is 0 Å². The normalized spacial score (nSPS) is 28.0. The molecule has 3 heterocycles. The molecule has 0 aliphatic carbocycles. The van der Waals surface area contributed by atoms with E-state index in [1.54, 1.807) is 28.8 Å². The van der Waals surface area contributed by atoms with Gasteiger partial charge in [0.2, 0.25) is 11.8 Å². The molecule has 0 radical (unpaired) electrons. The molecule has 2 fully saturated rings. The van der Waals surface area contributed by atoms with Crippen LogP contribution in [0.3, 0.4) is 0 Å². The first-order valence-electron chi connectivity index (χ1n) is 7.84. The monoisotopic (exact) mass is 412 g/mol. The van der Waals surface area contributed by atoms with Gasteiger partial charge in [-0.3, -0.25) is 9.59 Å². The number of nitrogens with zero attached hydrogens (tertiary/aromatic N) is 1. The fraction of sp³-hybridized carbons (Fsp3) is 0.500. The van der Waals surface area contributed by atoms with Crippen molar-refractivity contribution in [3.8, 4) is 11.5 Å². The lowest BCUT2D eigenvalue weighted by Gasteiger charge is -2.30. The zero-order valence-electron chi connectivity index (χ0n) is 13.1. The van der Waals surface area contributed by atoms with Crippen LogP contribution in [0.5, 0.6) is 11.5 Å². The van der Waals surface area contributed by atoms with Gasteiger partial charge < -0.3 is 19.7 Å². The molecule has 24 heavy (non-hydrogen) atoms. The Bertz CT molecular complexity index is 728. The molecule has 2 unspecified atom stereocenters. The Morgan fingerprint density at radius 3 is 2.83 bits per heavy atom. The number of nitrogens with one attached hydrogen (secondary N) is 1. The molecule has 1 N–H and O–H groups in total. The Morgan fingerprint density at radius 1 is 1.38 bits per heavy atom. The first-order chi connectivity index (χ1) is 11.5. The average Bonchev–Trinajstić information content (AvgIpc) is 3.05. The third kappa shape index (κ3) is 2.56. The lowest BCUT2D eigenvalue weighted by Crippen LogP contribution is -2.48. The van der Waals surface area contributed by atoms with E-state index < -0.39 is 6.04 Å². The van der Waals surface area contributed by atoms with Crippen LogP contribution >= 0.6 is 27.7 Å². The molecule has 0 bridgehead atoms. The zero-order valence-corrected chi connectivity index (χ0v) is 15.5. The minimum atomic E-state index is -0.435. The van der Waals surface area contributed by atoms with Gasteiger partial charge in [0.25, 0.3) is 0 Å². The van der Waals surface area contributed by atoms with E-state index in [0.29, 0.717) is 42.6 Å². The molecule has 1 aromatic carbocycles. The second-order valence-corrected chi connectivity index (χ2v) is 8.59. The number of hydrogen-bond acceptors (Lipinski definition) is 5. The Balaban J connectivity index is 1.55. The van der Waals surface area contributed by atoms with Crippen molar-refractivity contribution >= 4 is 45.2 Å². The third-order valence-electron chi connectivity index (χ3n) is 4.64. The van der Waals surface area contributed by atoms with Crippen LogP contribution in [-0.2, 0) is 9.59 Å². The predicted octanol–water partition coefficient (Wildman–Crippen LogP) is 2.61. The summed E-state index contributed by atoms with van der Waals surface area (Å²) in [6, 6.07) is 3.11. The van der Waals surface area contributed by atoms with Crippen LogP contribution in [0.4, 0.5) is 5.69 Å². The standard InChI is InChI=1S/C16H17BrN2O4S/c1-16-3-2-14(20)19(16)11(8-24-16)15(21)18-10-7-13-12(6-9(10)17)22-4-5-23-13/h6-7,11H,2-5,8H2,1H3,(H,18,21). The number of rotatable bonds is 2. The highest BCUT2D eigenvalue weighted by Gasteiger charge is 2.52. The van der Waals surface area contributed by atoms with E-state index in [9.17, 15) is 9.59 Å². The number of fused-ring (bicyclic) bond motifs is 2. The number of thioether (sulfide) groups is 1. The molecule has 2 atom stereocenters. The molecule has 3 aliphatic rings. The number of anilines is 1.